The van der Waals surface area contributed by atoms with Gasteiger partial charge in [-0.3, -0.25) is 4.79 Å². The lowest BCUT2D eigenvalue weighted by molar-refractivity contribution is -0.118. The van der Waals surface area contributed by atoms with Gasteiger partial charge in [-0.15, -0.1) is 0 Å². The Bertz CT molecular complexity index is 631. The summed E-state index contributed by atoms with van der Waals surface area (Å²) in [5, 5.41) is 6.81. The lowest BCUT2D eigenvalue weighted by atomic mass is 9.84. The van der Waals surface area contributed by atoms with E-state index in [1.165, 1.54) is 16.7 Å². The van der Waals surface area contributed by atoms with Gasteiger partial charge in [0, 0.05) is 35.3 Å². The van der Waals surface area contributed by atoms with Gasteiger partial charge >= 0.3 is 0 Å². The third-order valence-corrected chi connectivity index (χ3v) is 5.04. The van der Waals surface area contributed by atoms with E-state index in [9.17, 15) is 4.79 Å². The Morgan fingerprint density at radius 2 is 2.12 bits per heavy atom. The van der Waals surface area contributed by atoms with Crippen LogP contribution in [-0.2, 0) is 17.8 Å². The summed E-state index contributed by atoms with van der Waals surface area (Å²) in [5.41, 5.74) is 4.72. The van der Waals surface area contributed by atoms with Gasteiger partial charge < -0.3 is 10.6 Å². The summed E-state index contributed by atoms with van der Waals surface area (Å²) >= 11 is 0. The van der Waals surface area contributed by atoms with Crippen molar-refractivity contribution in [2.75, 3.05) is 7.05 Å². The Hall–Kier alpha value is -1.61. The van der Waals surface area contributed by atoms with Crippen molar-refractivity contribution in [1.82, 2.24) is 10.6 Å². The number of rotatable bonds is 8. The largest absolute Gasteiger partial charge is 0.379 e. The maximum Gasteiger partial charge on any atom is 0.160 e. The third kappa shape index (κ3) is 5.18. The summed E-state index contributed by atoms with van der Waals surface area (Å²) in [7, 11) is 1.96. The summed E-state index contributed by atoms with van der Waals surface area (Å²) in [6.45, 7) is 9.54. The van der Waals surface area contributed by atoms with E-state index in [0.717, 1.165) is 44.3 Å². The van der Waals surface area contributed by atoms with Gasteiger partial charge in [-0.25, -0.2) is 0 Å². The molecule has 0 amide bonds. The van der Waals surface area contributed by atoms with Crippen LogP contribution in [0.3, 0.4) is 0 Å². The smallest absolute Gasteiger partial charge is 0.160 e. The molecule has 3 heteroatoms. The van der Waals surface area contributed by atoms with Crippen LogP contribution in [0, 0.1) is 5.92 Å². The first-order chi connectivity index (χ1) is 11.9. The van der Waals surface area contributed by atoms with Crippen LogP contribution in [0.5, 0.6) is 0 Å². The topological polar surface area (TPSA) is 41.1 Å². The minimum absolute atomic E-state index is 0.0330. The van der Waals surface area contributed by atoms with Gasteiger partial charge in [-0.2, -0.15) is 0 Å². The number of allylic oxidation sites excluding steroid dienone is 1. The van der Waals surface area contributed by atoms with Crippen molar-refractivity contribution < 1.29 is 4.79 Å². The highest BCUT2D eigenvalue weighted by molar-refractivity contribution is 5.98. The molecular formula is C22H34N2O. The maximum atomic E-state index is 12.9. The average Bonchev–Trinajstić information content (AvgIpc) is 2.55. The van der Waals surface area contributed by atoms with Crippen LogP contribution in [-0.4, -0.2) is 18.4 Å². The molecule has 3 nitrogen and oxygen atoms in total. The molecule has 2 N–H and O–H groups in total. The summed E-state index contributed by atoms with van der Waals surface area (Å²) < 4.78 is 0. The number of benzene rings is 1. The quantitative estimate of drug-likeness (QED) is 0.686. The third-order valence-electron chi connectivity index (χ3n) is 5.04. The molecule has 0 spiro atoms. The molecule has 1 aromatic carbocycles. The molecule has 1 atom stereocenters. The predicted molar refractivity (Wildman–Crippen MR) is 106 cm³/mol. The van der Waals surface area contributed by atoms with Crippen molar-refractivity contribution in [2.24, 2.45) is 5.92 Å². The fourth-order valence-corrected chi connectivity index (χ4v) is 3.67. The van der Waals surface area contributed by atoms with Crippen molar-refractivity contribution in [2.45, 2.75) is 71.9 Å². The molecule has 138 valence electrons. The highest BCUT2D eigenvalue weighted by Crippen LogP contribution is 2.31. The number of carbonyl (C=O) groups excluding carboxylic acids is 1. The van der Waals surface area contributed by atoms with Crippen LogP contribution >= 0.6 is 0 Å². The molecule has 1 aromatic rings. The van der Waals surface area contributed by atoms with Crippen molar-refractivity contribution in [3.05, 3.63) is 41.0 Å². The Morgan fingerprint density at radius 1 is 1.36 bits per heavy atom. The van der Waals surface area contributed by atoms with Crippen LogP contribution in [0.15, 0.2) is 24.3 Å². The SMILES string of the molecule is CCCCC(CC)C(=O)/C=C1\NC(C)(C)Cc2ccc(CNC)cc21. The summed E-state index contributed by atoms with van der Waals surface area (Å²) in [5.74, 6) is 0.407. The fourth-order valence-electron chi connectivity index (χ4n) is 3.67. The number of hydrogen-bond donors (Lipinski definition) is 2. The highest BCUT2D eigenvalue weighted by atomic mass is 16.1. The van der Waals surface area contributed by atoms with Gasteiger partial charge in [-0.1, -0.05) is 38.8 Å². The van der Waals surface area contributed by atoms with Crippen molar-refractivity contribution in [3.8, 4) is 0 Å². The summed E-state index contributed by atoms with van der Waals surface area (Å²) in [4.78, 5) is 12.9. The van der Waals surface area contributed by atoms with Crippen LogP contribution in [0.25, 0.3) is 5.70 Å². The fraction of sp³-hybridized carbons (Fsp3) is 0.591. The van der Waals surface area contributed by atoms with Crippen molar-refractivity contribution in [3.63, 3.8) is 0 Å². The molecule has 0 aliphatic carbocycles. The monoisotopic (exact) mass is 342 g/mol. The summed E-state index contributed by atoms with van der Waals surface area (Å²) in [6.07, 6.45) is 7.01. The molecule has 0 aromatic heterocycles. The number of hydrogen-bond acceptors (Lipinski definition) is 3. The molecule has 1 heterocycles. The molecule has 1 unspecified atom stereocenters. The Kier molecular flexibility index (Phi) is 6.83. The van der Waals surface area contributed by atoms with E-state index in [2.05, 4.69) is 56.5 Å². The van der Waals surface area contributed by atoms with E-state index in [1.807, 2.05) is 13.1 Å². The van der Waals surface area contributed by atoms with Crippen LogP contribution < -0.4 is 10.6 Å². The van der Waals surface area contributed by atoms with E-state index in [4.69, 9.17) is 0 Å². The molecule has 1 aliphatic rings. The molecular weight excluding hydrogens is 308 g/mol. The minimum atomic E-state index is -0.0330. The lowest BCUT2D eigenvalue weighted by Gasteiger charge is -2.36. The zero-order chi connectivity index (χ0) is 18.4. The lowest BCUT2D eigenvalue weighted by Crippen LogP contribution is -2.44. The highest BCUT2D eigenvalue weighted by Gasteiger charge is 2.28. The first-order valence-electron chi connectivity index (χ1n) is 9.70. The normalized spacial score (nSPS) is 18.5. The molecule has 0 saturated heterocycles. The van der Waals surface area contributed by atoms with Crippen LogP contribution in [0.1, 0.15) is 70.1 Å². The molecule has 0 saturated carbocycles. The average molecular weight is 343 g/mol. The predicted octanol–water partition coefficient (Wildman–Crippen LogP) is 4.46. The van der Waals surface area contributed by atoms with Gasteiger partial charge in [-0.05, 0) is 57.4 Å². The maximum absolute atomic E-state index is 12.9. The molecule has 2 rings (SSSR count). The Labute approximate surface area is 153 Å². The van der Waals surface area contributed by atoms with Gasteiger partial charge in [0.25, 0.3) is 0 Å². The van der Waals surface area contributed by atoms with Crippen LogP contribution in [0.4, 0.5) is 0 Å². The Balaban J connectivity index is 2.35. The number of fused-ring (bicyclic) bond motifs is 1. The second-order valence-electron chi connectivity index (χ2n) is 7.92. The van der Waals surface area contributed by atoms with E-state index in [0.29, 0.717) is 0 Å². The molecule has 0 fully saturated rings. The van der Waals surface area contributed by atoms with E-state index < -0.39 is 0 Å². The molecule has 1 aliphatic heterocycles. The van der Waals surface area contributed by atoms with E-state index >= 15 is 0 Å². The number of nitrogens with one attached hydrogen (secondary N) is 2. The molecule has 0 bridgehead atoms. The first kappa shape index (κ1) is 19.7. The van der Waals surface area contributed by atoms with E-state index in [1.54, 1.807) is 0 Å². The zero-order valence-corrected chi connectivity index (χ0v) is 16.5. The van der Waals surface area contributed by atoms with Gasteiger partial charge in [0.2, 0.25) is 0 Å². The standard InChI is InChI=1S/C22H34N2O/c1-6-8-9-17(7-2)21(25)13-20-19-12-16(15-23-5)10-11-18(19)14-22(3,4)24-20/h10-13,17,23-24H,6-9,14-15H2,1-5H3/b20-13-. The van der Waals surface area contributed by atoms with Gasteiger partial charge in [0.15, 0.2) is 5.78 Å². The van der Waals surface area contributed by atoms with Crippen molar-refractivity contribution in [1.29, 1.82) is 0 Å². The summed E-state index contributed by atoms with van der Waals surface area (Å²) in [6, 6.07) is 6.63. The number of carbonyl (C=O) groups is 1. The van der Waals surface area contributed by atoms with Gasteiger partial charge in [0.05, 0.1) is 0 Å². The van der Waals surface area contributed by atoms with Crippen molar-refractivity contribution >= 4 is 11.5 Å². The second-order valence-corrected chi connectivity index (χ2v) is 7.92. The van der Waals surface area contributed by atoms with Gasteiger partial charge in [0.1, 0.15) is 0 Å². The van der Waals surface area contributed by atoms with E-state index in [-0.39, 0.29) is 17.2 Å². The minimum Gasteiger partial charge on any atom is -0.379 e. The Morgan fingerprint density at radius 3 is 2.76 bits per heavy atom. The molecule has 25 heavy (non-hydrogen) atoms. The molecule has 0 radical (unpaired) electrons. The van der Waals surface area contributed by atoms with Crippen LogP contribution in [0.2, 0.25) is 0 Å². The zero-order valence-electron chi connectivity index (χ0n) is 16.5. The first-order valence-corrected chi connectivity index (χ1v) is 9.70. The second kappa shape index (κ2) is 8.66. The number of ketones is 1. The number of unbranched alkanes of at least 4 members (excludes halogenated alkanes) is 1.